The molecule has 0 fully saturated rings. The zero-order valence-electron chi connectivity index (χ0n) is 10.4. The fraction of sp³-hybridized carbons (Fsp3) is 0.308. The number of benzene rings is 1. The molecule has 0 aliphatic carbocycles. The molecule has 0 unspecified atom stereocenters. The first-order valence-corrected chi connectivity index (χ1v) is 5.88. The molecule has 0 saturated heterocycles. The molecule has 0 amide bonds. The van der Waals surface area contributed by atoms with Gasteiger partial charge in [-0.15, -0.1) is 5.10 Å². The Morgan fingerprint density at radius 1 is 1.28 bits per heavy atom. The molecule has 1 aromatic carbocycles. The van der Waals surface area contributed by atoms with Crippen LogP contribution in [0.15, 0.2) is 24.3 Å². The lowest BCUT2D eigenvalue weighted by Crippen LogP contribution is -2.02. The van der Waals surface area contributed by atoms with Gasteiger partial charge in [0.15, 0.2) is 5.69 Å². The van der Waals surface area contributed by atoms with Crippen molar-refractivity contribution in [1.82, 2.24) is 15.0 Å². The third-order valence-corrected chi connectivity index (χ3v) is 2.60. The van der Waals surface area contributed by atoms with Crippen LogP contribution in [0, 0.1) is 11.3 Å². The highest BCUT2D eigenvalue weighted by Gasteiger charge is 2.11. The molecule has 0 aliphatic heterocycles. The first-order chi connectivity index (χ1) is 8.80. The molecule has 92 valence electrons. The largest absolute Gasteiger partial charge is 0.494 e. The molecule has 0 aliphatic rings. The van der Waals surface area contributed by atoms with E-state index < -0.39 is 0 Å². The Balaban J connectivity index is 2.37. The van der Waals surface area contributed by atoms with E-state index in [4.69, 9.17) is 10.00 Å². The number of rotatable bonds is 4. The van der Waals surface area contributed by atoms with E-state index in [1.165, 1.54) is 0 Å². The molecule has 0 saturated carbocycles. The summed E-state index contributed by atoms with van der Waals surface area (Å²) in [5, 5.41) is 16.8. The van der Waals surface area contributed by atoms with Gasteiger partial charge in [-0.3, -0.25) is 0 Å². The summed E-state index contributed by atoms with van der Waals surface area (Å²) in [6.45, 7) is 4.56. The number of hydrogen-bond donors (Lipinski definition) is 0. The predicted molar refractivity (Wildman–Crippen MR) is 66.6 cm³/mol. The van der Waals surface area contributed by atoms with Crippen molar-refractivity contribution in [1.29, 1.82) is 5.26 Å². The van der Waals surface area contributed by atoms with Crippen LogP contribution in [0.3, 0.4) is 0 Å². The van der Waals surface area contributed by atoms with Crippen LogP contribution in [0.5, 0.6) is 5.75 Å². The summed E-state index contributed by atoms with van der Waals surface area (Å²) in [6, 6.07) is 9.62. The Morgan fingerprint density at radius 3 is 2.56 bits per heavy atom. The van der Waals surface area contributed by atoms with E-state index in [2.05, 4.69) is 10.3 Å². The van der Waals surface area contributed by atoms with Crippen LogP contribution < -0.4 is 4.74 Å². The van der Waals surface area contributed by atoms with Gasteiger partial charge in [-0.1, -0.05) is 12.1 Å². The minimum Gasteiger partial charge on any atom is -0.494 e. The molecule has 0 spiro atoms. The first kappa shape index (κ1) is 12.1. The van der Waals surface area contributed by atoms with Crippen LogP contribution in [-0.4, -0.2) is 21.6 Å². The summed E-state index contributed by atoms with van der Waals surface area (Å²) in [5.41, 5.74) is 2.08. The Kier molecular flexibility index (Phi) is 3.58. The average molecular weight is 242 g/mol. The van der Waals surface area contributed by atoms with Crippen LogP contribution in [0.4, 0.5) is 0 Å². The van der Waals surface area contributed by atoms with Gasteiger partial charge in [0.2, 0.25) is 0 Å². The quantitative estimate of drug-likeness (QED) is 0.823. The molecule has 1 aromatic heterocycles. The molecule has 0 bridgehead atoms. The SMILES string of the molecule is CCOc1ccc(-n2nnc(C#N)c2CC)cc1. The molecule has 5 heteroatoms. The summed E-state index contributed by atoms with van der Waals surface area (Å²) in [6.07, 6.45) is 0.711. The Bertz CT molecular complexity index is 566. The standard InChI is InChI=1S/C13H14N4O/c1-3-13-12(9-14)15-16-17(13)10-5-7-11(8-6-10)18-4-2/h5-8H,3-4H2,1-2H3. The fourth-order valence-corrected chi connectivity index (χ4v) is 1.76. The maximum Gasteiger partial charge on any atom is 0.186 e. The van der Waals surface area contributed by atoms with Gasteiger partial charge in [-0.05, 0) is 37.6 Å². The number of nitriles is 1. The van der Waals surface area contributed by atoms with E-state index in [0.717, 1.165) is 17.1 Å². The molecule has 0 N–H and O–H groups in total. The first-order valence-electron chi connectivity index (χ1n) is 5.88. The number of aromatic nitrogens is 3. The van der Waals surface area contributed by atoms with Crippen molar-refractivity contribution in [3.05, 3.63) is 35.7 Å². The minimum absolute atomic E-state index is 0.381. The van der Waals surface area contributed by atoms with Crippen molar-refractivity contribution < 1.29 is 4.74 Å². The summed E-state index contributed by atoms with van der Waals surface area (Å²) >= 11 is 0. The Labute approximate surface area is 106 Å². The van der Waals surface area contributed by atoms with Crippen molar-refractivity contribution in [3.8, 4) is 17.5 Å². The van der Waals surface area contributed by atoms with Gasteiger partial charge in [-0.2, -0.15) is 5.26 Å². The van der Waals surface area contributed by atoms with Crippen LogP contribution in [0.2, 0.25) is 0 Å². The second-order valence-corrected chi connectivity index (χ2v) is 3.69. The minimum atomic E-state index is 0.381. The van der Waals surface area contributed by atoms with Gasteiger partial charge < -0.3 is 4.74 Å². The zero-order chi connectivity index (χ0) is 13.0. The molecule has 5 nitrogen and oxygen atoms in total. The fourth-order valence-electron chi connectivity index (χ4n) is 1.76. The van der Waals surface area contributed by atoms with Crippen molar-refractivity contribution >= 4 is 0 Å². The van der Waals surface area contributed by atoms with Crippen LogP contribution >= 0.6 is 0 Å². The van der Waals surface area contributed by atoms with E-state index in [1.807, 2.05) is 44.2 Å². The lowest BCUT2D eigenvalue weighted by atomic mass is 10.2. The van der Waals surface area contributed by atoms with Gasteiger partial charge in [-0.25, -0.2) is 4.68 Å². The van der Waals surface area contributed by atoms with Crippen molar-refractivity contribution in [3.63, 3.8) is 0 Å². The smallest absolute Gasteiger partial charge is 0.186 e. The van der Waals surface area contributed by atoms with E-state index >= 15 is 0 Å². The molecular weight excluding hydrogens is 228 g/mol. The Morgan fingerprint density at radius 2 is 2.00 bits per heavy atom. The van der Waals surface area contributed by atoms with Gasteiger partial charge in [0, 0.05) is 0 Å². The highest BCUT2D eigenvalue weighted by atomic mass is 16.5. The van der Waals surface area contributed by atoms with Gasteiger partial charge in [0.1, 0.15) is 11.8 Å². The summed E-state index contributed by atoms with van der Waals surface area (Å²) < 4.78 is 7.07. The van der Waals surface area contributed by atoms with E-state index in [0.29, 0.717) is 18.7 Å². The highest BCUT2D eigenvalue weighted by Crippen LogP contribution is 2.17. The number of ether oxygens (including phenoxy) is 1. The normalized spacial score (nSPS) is 10.1. The predicted octanol–water partition coefficient (Wildman–Crippen LogP) is 2.10. The molecule has 2 rings (SSSR count). The van der Waals surface area contributed by atoms with Crippen molar-refractivity contribution in [2.45, 2.75) is 20.3 Å². The van der Waals surface area contributed by atoms with Crippen LogP contribution in [0.1, 0.15) is 25.2 Å². The Hall–Kier alpha value is -2.35. The molecule has 18 heavy (non-hydrogen) atoms. The lowest BCUT2D eigenvalue weighted by Gasteiger charge is -2.06. The third-order valence-electron chi connectivity index (χ3n) is 2.60. The van der Waals surface area contributed by atoms with Crippen LogP contribution in [0.25, 0.3) is 5.69 Å². The van der Waals surface area contributed by atoms with Crippen molar-refractivity contribution in [2.24, 2.45) is 0 Å². The molecular formula is C13H14N4O. The second-order valence-electron chi connectivity index (χ2n) is 3.69. The second kappa shape index (κ2) is 5.32. The van der Waals surface area contributed by atoms with Crippen LogP contribution in [-0.2, 0) is 6.42 Å². The summed E-state index contributed by atoms with van der Waals surface area (Å²) in [5.74, 6) is 0.819. The van der Waals surface area contributed by atoms with E-state index in [-0.39, 0.29) is 0 Å². The summed E-state index contributed by atoms with van der Waals surface area (Å²) in [7, 11) is 0. The van der Waals surface area contributed by atoms with Crippen molar-refractivity contribution in [2.75, 3.05) is 6.61 Å². The molecule has 1 heterocycles. The highest BCUT2D eigenvalue weighted by molar-refractivity contribution is 5.40. The van der Waals surface area contributed by atoms with E-state index in [9.17, 15) is 0 Å². The van der Waals surface area contributed by atoms with Gasteiger partial charge in [0.25, 0.3) is 0 Å². The topological polar surface area (TPSA) is 63.7 Å². The summed E-state index contributed by atoms with van der Waals surface area (Å²) in [4.78, 5) is 0. The maximum absolute atomic E-state index is 8.94. The molecule has 2 aromatic rings. The van der Waals surface area contributed by atoms with Gasteiger partial charge in [0.05, 0.1) is 18.0 Å². The molecule has 0 radical (unpaired) electrons. The van der Waals surface area contributed by atoms with E-state index in [1.54, 1.807) is 4.68 Å². The lowest BCUT2D eigenvalue weighted by molar-refractivity contribution is 0.340. The van der Waals surface area contributed by atoms with Gasteiger partial charge >= 0.3 is 0 Å². The number of nitrogens with zero attached hydrogens (tertiary/aromatic N) is 4. The molecule has 0 atom stereocenters. The monoisotopic (exact) mass is 242 g/mol. The zero-order valence-corrected chi connectivity index (χ0v) is 10.4. The maximum atomic E-state index is 8.94. The average Bonchev–Trinajstić information content (AvgIpc) is 2.82. The third kappa shape index (κ3) is 2.18. The number of hydrogen-bond acceptors (Lipinski definition) is 4.